The van der Waals surface area contributed by atoms with Crippen molar-refractivity contribution in [3.63, 3.8) is 0 Å². The van der Waals surface area contributed by atoms with E-state index in [0.29, 0.717) is 5.41 Å². The molecule has 1 unspecified atom stereocenters. The fourth-order valence-electron chi connectivity index (χ4n) is 3.13. The fourth-order valence-corrected chi connectivity index (χ4v) is 3.13. The third-order valence-corrected chi connectivity index (χ3v) is 4.48. The molecule has 16 heavy (non-hydrogen) atoms. The maximum atomic E-state index is 5.43. The highest BCUT2D eigenvalue weighted by atomic mass is 16.5. The van der Waals surface area contributed by atoms with E-state index in [1.165, 1.54) is 45.3 Å². The predicted molar refractivity (Wildman–Crippen MR) is 66.7 cm³/mol. The minimum absolute atomic E-state index is 0.535. The molecule has 0 amide bonds. The first kappa shape index (κ1) is 12.3. The van der Waals surface area contributed by atoms with E-state index in [4.69, 9.17) is 4.74 Å². The van der Waals surface area contributed by atoms with Gasteiger partial charge in [0.25, 0.3) is 0 Å². The molecule has 0 radical (unpaired) electrons. The van der Waals surface area contributed by atoms with Gasteiger partial charge in [-0.2, -0.15) is 0 Å². The Morgan fingerprint density at radius 2 is 2.12 bits per heavy atom. The summed E-state index contributed by atoms with van der Waals surface area (Å²) in [6.45, 7) is 7.90. The fraction of sp³-hybridized carbons (Fsp3) is 1.00. The molecule has 3 nitrogen and oxygen atoms in total. The molecular formula is C13H26N2O. The Hall–Kier alpha value is -0.120. The van der Waals surface area contributed by atoms with E-state index in [0.717, 1.165) is 19.3 Å². The summed E-state index contributed by atoms with van der Waals surface area (Å²) >= 11 is 0. The molecule has 0 saturated carbocycles. The van der Waals surface area contributed by atoms with E-state index < -0.39 is 0 Å². The first-order chi connectivity index (χ1) is 7.76. The van der Waals surface area contributed by atoms with Gasteiger partial charge in [0.2, 0.25) is 0 Å². The van der Waals surface area contributed by atoms with Gasteiger partial charge in [0, 0.05) is 32.3 Å². The summed E-state index contributed by atoms with van der Waals surface area (Å²) in [6.07, 6.45) is 5.07. The van der Waals surface area contributed by atoms with Crippen LogP contribution in [0.15, 0.2) is 0 Å². The molecule has 2 aliphatic rings. The van der Waals surface area contributed by atoms with Gasteiger partial charge >= 0.3 is 0 Å². The summed E-state index contributed by atoms with van der Waals surface area (Å²) in [7, 11) is 2.30. The molecule has 2 rings (SSSR count). The van der Waals surface area contributed by atoms with Gasteiger partial charge in [0.1, 0.15) is 0 Å². The summed E-state index contributed by atoms with van der Waals surface area (Å²) in [6, 6.07) is 0.748. The van der Waals surface area contributed by atoms with Crippen LogP contribution in [0, 0.1) is 5.41 Å². The van der Waals surface area contributed by atoms with Gasteiger partial charge in [-0.25, -0.2) is 0 Å². The van der Waals surface area contributed by atoms with E-state index in [-0.39, 0.29) is 0 Å². The Bertz CT molecular complexity index is 208. The highest BCUT2D eigenvalue weighted by Gasteiger charge is 2.34. The highest BCUT2D eigenvalue weighted by molar-refractivity contribution is 4.90. The van der Waals surface area contributed by atoms with Crippen molar-refractivity contribution in [2.45, 2.75) is 38.6 Å². The van der Waals surface area contributed by atoms with Gasteiger partial charge in [-0.05, 0) is 44.7 Å². The van der Waals surface area contributed by atoms with Crippen molar-refractivity contribution < 1.29 is 4.74 Å². The lowest BCUT2D eigenvalue weighted by molar-refractivity contribution is 0.0289. The Kier molecular flexibility index (Phi) is 4.22. The molecule has 1 atom stereocenters. The summed E-state index contributed by atoms with van der Waals surface area (Å²) < 4.78 is 5.43. The van der Waals surface area contributed by atoms with Crippen molar-refractivity contribution in [1.82, 2.24) is 10.2 Å². The third kappa shape index (κ3) is 2.76. The van der Waals surface area contributed by atoms with Crippen molar-refractivity contribution in [2.24, 2.45) is 5.41 Å². The standard InChI is InChI=1S/C13H26N2O/c1-3-13(6-7-14-10-13)11-15(2)12-4-8-16-9-5-12/h12,14H,3-11H2,1-2H3. The van der Waals surface area contributed by atoms with Crippen LogP contribution >= 0.6 is 0 Å². The van der Waals surface area contributed by atoms with Crippen molar-refractivity contribution in [3.8, 4) is 0 Å². The number of rotatable bonds is 4. The van der Waals surface area contributed by atoms with Crippen LogP contribution in [-0.4, -0.2) is 50.8 Å². The molecule has 1 N–H and O–H groups in total. The monoisotopic (exact) mass is 226 g/mol. The Morgan fingerprint density at radius 1 is 1.38 bits per heavy atom. The number of nitrogens with zero attached hydrogens (tertiary/aromatic N) is 1. The zero-order chi connectivity index (χ0) is 11.4. The molecule has 0 bridgehead atoms. The van der Waals surface area contributed by atoms with Crippen LogP contribution < -0.4 is 5.32 Å². The Balaban J connectivity index is 1.86. The van der Waals surface area contributed by atoms with Gasteiger partial charge in [-0.3, -0.25) is 0 Å². The van der Waals surface area contributed by atoms with Gasteiger partial charge in [0.05, 0.1) is 0 Å². The van der Waals surface area contributed by atoms with Gasteiger partial charge in [-0.15, -0.1) is 0 Å². The van der Waals surface area contributed by atoms with Crippen molar-refractivity contribution >= 4 is 0 Å². The molecule has 2 aliphatic heterocycles. The van der Waals surface area contributed by atoms with Crippen LogP contribution in [0.3, 0.4) is 0 Å². The molecular weight excluding hydrogens is 200 g/mol. The Labute approximate surface area is 99.5 Å². The minimum atomic E-state index is 0.535. The van der Waals surface area contributed by atoms with Gasteiger partial charge in [-0.1, -0.05) is 6.92 Å². The molecule has 3 heteroatoms. The molecule has 0 spiro atoms. The maximum absolute atomic E-state index is 5.43. The average Bonchev–Trinajstić information content (AvgIpc) is 2.79. The van der Waals surface area contributed by atoms with Crippen LogP contribution in [0.4, 0.5) is 0 Å². The Morgan fingerprint density at radius 3 is 2.69 bits per heavy atom. The van der Waals surface area contributed by atoms with Crippen molar-refractivity contribution in [3.05, 3.63) is 0 Å². The van der Waals surface area contributed by atoms with Gasteiger partial charge in [0.15, 0.2) is 0 Å². The molecule has 0 aromatic heterocycles. The van der Waals surface area contributed by atoms with Crippen LogP contribution in [0.1, 0.15) is 32.6 Å². The number of ether oxygens (including phenoxy) is 1. The minimum Gasteiger partial charge on any atom is -0.381 e. The largest absolute Gasteiger partial charge is 0.381 e. The highest BCUT2D eigenvalue weighted by Crippen LogP contribution is 2.31. The average molecular weight is 226 g/mol. The van der Waals surface area contributed by atoms with E-state index in [1.54, 1.807) is 0 Å². The van der Waals surface area contributed by atoms with Crippen molar-refractivity contribution in [2.75, 3.05) is 39.9 Å². The second-order valence-corrected chi connectivity index (χ2v) is 5.54. The van der Waals surface area contributed by atoms with Crippen LogP contribution in [-0.2, 0) is 4.74 Å². The molecule has 2 fully saturated rings. The van der Waals surface area contributed by atoms with E-state index in [2.05, 4.69) is 24.2 Å². The SMILES string of the molecule is CCC1(CN(C)C2CCOCC2)CCNC1. The first-order valence-electron chi connectivity index (χ1n) is 6.74. The quantitative estimate of drug-likeness (QED) is 0.786. The lowest BCUT2D eigenvalue weighted by Crippen LogP contribution is -2.44. The summed E-state index contributed by atoms with van der Waals surface area (Å²) in [5, 5.41) is 3.52. The predicted octanol–water partition coefficient (Wildman–Crippen LogP) is 1.49. The summed E-state index contributed by atoms with van der Waals surface area (Å²) in [4.78, 5) is 2.58. The van der Waals surface area contributed by atoms with E-state index >= 15 is 0 Å². The van der Waals surface area contributed by atoms with Crippen LogP contribution in [0.5, 0.6) is 0 Å². The number of hydrogen-bond acceptors (Lipinski definition) is 3. The second-order valence-electron chi connectivity index (χ2n) is 5.54. The normalized spacial score (nSPS) is 32.4. The third-order valence-electron chi connectivity index (χ3n) is 4.48. The number of hydrogen-bond donors (Lipinski definition) is 1. The van der Waals surface area contributed by atoms with Crippen LogP contribution in [0.2, 0.25) is 0 Å². The zero-order valence-corrected chi connectivity index (χ0v) is 10.8. The van der Waals surface area contributed by atoms with E-state index in [9.17, 15) is 0 Å². The number of nitrogens with one attached hydrogen (secondary N) is 1. The first-order valence-corrected chi connectivity index (χ1v) is 6.74. The molecule has 94 valence electrons. The molecule has 0 aliphatic carbocycles. The summed E-state index contributed by atoms with van der Waals surface area (Å²) in [5.41, 5.74) is 0.535. The molecule has 0 aromatic carbocycles. The molecule has 0 aromatic rings. The van der Waals surface area contributed by atoms with E-state index in [1.807, 2.05) is 0 Å². The second kappa shape index (κ2) is 5.48. The lowest BCUT2D eigenvalue weighted by atomic mass is 9.83. The topological polar surface area (TPSA) is 24.5 Å². The van der Waals surface area contributed by atoms with Crippen molar-refractivity contribution in [1.29, 1.82) is 0 Å². The van der Waals surface area contributed by atoms with Crippen LogP contribution in [0.25, 0.3) is 0 Å². The molecule has 2 saturated heterocycles. The summed E-state index contributed by atoms with van der Waals surface area (Å²) in [5.74, 6) is 0. The smallest absolute Gasteiger partial charge is 0.0480 e. The lowest BCUT2D eigenvalue weighted by Gasteiger charge is -2.38. The molecule has 2 heterocycles. The van der Waals surface area contributed by atoms with Gasteiger partial charge < -0.3 is 15.0 Å². The zero-order valence-electron chi connectivity index (χ0n) is 10.8. The maximum Gasteiger partial charge on any atom is 0.0480 e.